The normalized spacial score (nSPS) is 13.2. The SMILES string of the molecule is CNCC(C)C(OC)(c1ccccc1)c1ccccc1. The minimum absolute atomic E-state index is 0.308. The lowest BCUT2D eigenvalue weighted by atomic mass is 9.76. The van der Waals surface area contributed by atoms with Gasteiger partial charge < -0.3 is 10.1 Å². The van der Waals surface area contributed by atoms with E-state index in [2.05, 4.69) is 60.8 Å². The van der Waals surface area contributed by atoms with E-state index in [0.29, 0.717) is 5.92 Å². The van der Waals surface area contributed by atoms with Crippen LogP contribution < -0.4 is 5.32 Å². The summed E-state index contributed by atoms with van der Waals surface area (Å²) in [7, 11) is 3.78. The van der Waals surface area contributed by atoms with Gasteiger partial charge in [0.15, 0.2) is 0 Å². The van der Waals surface area contributed by atoms with Crippen molar-refractivity contribution in [2.45, 2.75) is 12.5 Å². The second kappa shape index (κ2) is 6.69. The molecule has 0 spiro atoms. The molecule has 2 nitrogen and oxygen atoms in total. The number of hydrogen-bond donors (Lipinski definition) is 1. The summed E-state index contributed by atoms with van der Waals surface area (Å²) in [6.07, 6.45) is 0. The fourth-order valence-electron chi connectivity index (χ4n) is 2.99. The largest absolute Gasteiger partial charge is 0.368 e. The van der Waals surface area contributed by atoms with Gasteiger partial charge in [-0.05, 0) is 18.2 Å². The van der Waals surface area contributed by atoms with Crippen LogP contribution in [-0.2, 0) is 10.3 Å². The molecule has 0 aliphatic heterocycles. The first kappa shape index (κ1) is 14.8. The Hall–Kier alpha value is -1.64. The van der Waals surface area contributed by atoms with Gasteiger partial charge in [0.05, 0.1) is 0 Å². The molecule has 1 unspecified atom stereocenters. The quantitative estimate of drug-likeness (QED) is 0.867. The fourth-order valence-corrected chi connectivity index (χ4v) is 2.99. The Morgan fingerprint density at radius 1 is 0.950 bits per heavy atom. The van der Waals surface area contributed by atoms with Crippen LogP contribution in [0.3, 0.4) is 0 Å². The first-order valence-electron chi connectivity index (χ1n) is 7.06. The van der Waals surface area contributed by atoms with Crippen LogP contribution in [0.5, 0.6) is 0 Å². The minimum atomic E-state index is -0.425. The number of ether oxygens (including phenoxy) is 1. The zero-order valence-corrected chi connectivity index (χ0v) is 12.5. The Bertz CT molecular complexity index is 470. The highest BCUT2D eigenvalue weighted by molar-refractivity contribution is 5.37. The number of benzene rings is 2. The topological polar surface area (TPSA) is 21.3 Å². The maximum absolute atomic E-state index is 6.08. The van der Waals surface area contributed by atoms with Gasteiger partial charge >= 0.3 is 0 Å². The average Bonchev–Trinajstić information content (AvgIpc) is 2.51. The van der Waals surface area contributed by atoms with Crippen LogP contribution in [-0.4, -0.2) is 20.7 Å². The molecule has 2 aromatic rings. The zero-order valence-electron chi connectivity index (χ0n) is 12.5. The molecule has 2 heteroatoms. The predicted molar refractivity (Wildman–Crippen MR) is 83.8 cm³/mol. The molecule has 0 aliphatic carbocycles. The molecule has 0 saturated carbocycles. The lowest BCUT2D eigenvalue weighted by molar-refractivity contribution is -0.0225. The van der Waals surface area contributed by atoms with Gasteiger partial charge in [-0.2, -0.15) is 0 Å². The van der Waals surface area contributed by atoms with E-state index in [1.54, 1.807) is 7.11 Å². The average molecular weight is 269 g/mol. The predicted octanol–water partition coefficient (Wildman–Crippen LogP) is 3.43. The van der Waals surface area contributed by atoms with Gasteiger partial charge in [0.1, 0.15) is 5.60 Å². The monoisotopic (exact) mass is 269 g/mol. The van der Waals surface area contributed by atoms with Crippen molar-refractivity contribution in [1.29, 1.82) is 0 Å². The van der Waals surface area contributed by atoms with Gasteiger partial charge in [-0.1, -0.05) is 67.6 Å². The Morgan fingerprint density at radius 2 is 1.40 bits per heavy atom. The van der Waals surface area contributed by atoms with E-state index >= 15 is 0 Å². The standard InChI is InChI=1S/C18H23NO/c1-15(14-19-2)18(20-3,16-10-6-4-7-11-16)17-12-8-5-9-13-17/h4-13,15,19H,14H2,1-3H3. The second-order valence-corrected chi connectivity index (χ2v) is 5.13. The molecule has 0 saturated heterocycles. The van der Waals surface area contributed by atoms with Crippen molar-refractivity contribution in [3.8, 4) is 0 Å². The summed E-state index contributed by atoms with van der Waals surface area (Å²) in [5.41, 5.74) is 1.96. The third-order valence-corrected chi connectivity index (χ3v) is 3.93. The van der Waals surface area contributed by atoms with Gasteiger partial charge in [-0.25, -0.2) is 0 Å². The zero-order chi connectivity index (χ0) is 14.4. The van der Waals surface area contributed by atoms with Gasteiger partial charge in [0.25, 0.3) is 0 Å². The van der Waals surface area contributed by atoms with E-state index in [0.717, 1.165) is 6.54 Å². The molecule has 0 aliphatic rings. The third-order valence-electron chi connectivity index (χ3n) is 3.93. The molecule has 1 N–H and O–H groups in total. The van der Waals surface area contributed by atoms with Crippen molar-refractivity contribution in [1.82, 2.24) is 5.32 Å². The molecule has 1 atom stereocenters. The van der Waals surface area contributed by atoms with Gasteiger partial charge in [0.2, 0.25) is 0 Å². The van der Waals surface area contributed by atoms with E-state index in [9.17, 15) is 0 Å². The van der Waals surface area contributed by atoms with Crippen LogP contribution in [0.4, 0.5) is 0 Å². The summed E-state index contributed by atoms with van der Waals surface area (Å²) in [6, 6.07) is 20.9. The van der Waals surface area contributed by atoms with E-state index in [1.807, 2.05) is 19.2 Å². The Labute approximate surface area is 121 Å². The molecule has 106 valence electrons. The highest BCUT2D eigenvalue weighted by Crippen LogP contribution is 2.39. The van der Waals surface area contributed by atoms with Crippen LogP contribution in [0.2, 0.25) is 0 Å². The molecular formula is C18H23NO. The summed E-state index contributed by atoms with van der Waals surface area (Å²) in [5.74, 6) is 0.308. The summed E-state index contributed by atoms with van der Waals surface area (Å²) < 4.78 is 6.08. The Balaban J connectivity index is 2.58. The van der Waals surface area contributed by atoms with E-state index in [1.165, 1.54) is 11.1 Å². The van der Waals surface area contributed by atoms with Crippen molar-refractivity contribution >= 4 is 0 Å². The summed E-state index contributed by atoms with van der Waals surface area (Å²) in [6.45, 7) is 3.11. The number of rotatable bonds is 6. The van der Waals surface area contributed by atoms with Crippen molar-refractivity contribution in [2.75, 3.05) is 20.7 Å². The smallest absolute Gasteiger partial charge is 0.121 e. The second-order valence-electron chi connectivity index (χ2n) is 5.13. The molecular weight excluding hydrogens is 246 g/mol. The van der Waals surface area contributed by atoms with Crippen LogP contribution in [0.25, 0.3) is 0 Å². The van der Waals surface area contributed by atoms with Crippen LogP contribution in [0, 0.1) is 5.92 Å². The van der Waals surface area contributed by atoms with Crippen molar-refractivity contribution in [3.05, 3.63) is 71.8 Å². The molecule has 20 heavy (non-hydrogen) atoms. The fraction of sp³-hybridized carbons (Fsp3) is 0.333. The highest BCUT2D eigenvalue weighted by atomic mass is 16.5. The molecule has 0 radical (unpaired) electrons. The maximum Gasteiger partial charge on any atom is 0.121 e. The minimum Gasteiger partial charge on any atom is -0.368 e. The van der Waals surface area contributed by atoms with Gasteiger partial charge in [0, 0.05) is 19.6 Å². The lowest BCUT2D eigenvalue weighted by Crippen LogP contribution is -2.41. The third kappa shape index (κ3) is 2.62. The summed E-state index contributed by atoms with van der Waals surface area (Å²) in [5, 5.41) is 3.27. The molecule has 0 fully saturated rings. The molecule has 0 aromatic heterocycles. The van der Waals surface area contributed by atoms with Crippen molar-refractivity contribution in [2.24, 2.45) is 5.92 Å². The highest BCUT2D eigenvalue weighted by Gasteiger charge is 2.39. The number of nitrogens with one attached hydrogen (secondary N) is 1. The van der Waals surface area contributed by atoms with E-state index in [4.69, 9.17) is 4.74 Å². The molecule has 2 aromatic carbocycles. The number of hydrogen-bond acceptors (Lipinski definition) is 2. The molecule has 0 bridgehead atoms. The Morgan fingerprint density at radius 3 is 1.75 bits per heavy atom. The first-order chi connectivity index (χ1) is 9.75. The van der Waals surface area contributed by atoms with Crippen molar-refractivity contribution in [3.63, 3.8) is 0 Å². The molecule has 0 amide bonds. The number of methoxy groups -OCH3 is 1. The van der Waals surface area contributed by atoms with E-state index < -0.39 is 5.60 Å². The summed E-state index contributed by atoms with van der Waals surface area (Å²) >= 11 is 0. The first-order valence-corrected chi connectivity index (χ1v) is 7.06. The van der Waals surface area contributed by atoms with Gasteiger partial charge in [-0.15, -0.1) is 0 Å². The molecule has 0 heterocycles. The lowest BCUT2D eigenvalue weighted by Gasteiger charge is -2.39. The molecule has 2 rings (SSSR count). The van der Waals surface area contributed by atoms with E-state index in [-0.39, 0.29) is 0 Å². The van der Waals surface area contributed by atoms with Crippen LogP contribution >= 0.6 is 0 Å². The van der Waals surface area contributed by atoms with Crippen LogP contribution in [0.15, 0.2) is 60.7 Å². The maximum atomic E-state index is 6.08. The Kier molecular flexibility index (Phi) is 4.94. The van der Waals surface area contributed by atoms with Crippen molar-refractivity contribution < 1.29 is 4.74 Å². The summed E-state index contributed by atoms with van der Waals surface area (Å²) in [4.78, 5) is 0. The van der Waals surface area contributed by atoms with Crippen LogP contribution in [0.1, 0.15) is 18.1 Å². The van der Waals surface area contributed by atoms with Gasteiger partial charge in [-0.3, -0.25) is 0 Å².